The molecule has 0 radical (unpaired) electrons. The first-order valence-electron chi connectivity index (χ1n) is 6.21. The molecule has 1 aromatic heterocycles. The van der Waals surface area contributed by atoms with E-state index in [1.54, 1.807) is 18.4 Å². The first kappa shape index (κ1) is 13.3. The van der Waals surface area contributed by atoms with Crippen LogP contribution in [0.15, 0.2) is 6.07 Å². The zero-order valence-electron chi connectivity index (χ0n) is 10.5. The fraction of sp³-hybridized carbons (Fsp3) is 0.692. The van der Waals surface area contributed by atoms with Crippen LogP contribution in [0.5, 0.6) is 0 Å². The van der Waals surface area contributed by atoms with Crippen LogP contribution in [0.2, 0.25) is 4.34 Å². The van der Waals surface area contributed by atoms with Gasteiger partial charge >= 0.3 is 0 Å². The summed E-state index contributed by atoms with van der Waals surface area (Å²) in [5.74, 6) is 0.555. The standard InChI is InChI=1S/C13H20ClNOS/c1-9(8-16-2)7-15-11-4-3-5-12-10(11)6-13(14)17-12/h6,9,11,15H,3-5,7-8H2,1-2H3. The Morgan fingerprint density at radius 1 is 1.65 bits per heavy atom. The molecule has 2 rings (SSSR count). The maximum Gasteiger partial charge on any atom is 0.0934 e. The molecule has 2 unspecified atom stereocenters. The topological polar surface area (TPSA) is 21.3 Å². The Morgan fingerprint density at radius 3 is 3.24 bits per heavy atom. The Bertz CT molecular complexity index is 366. The van der Waals surface area contributed by atoms with Gasteiger partial charge in [0.25, 0.3) is 0 Å². The molecular formula is C13H20ClNOS. The molecule has 0 fully saturated rings. The van der Waals surface area contributed by atoms with Gasteiger partial charge in [0, 0.05) is 31.2 Å². The van der Waals surface area contributed by atoms with Crippen LogP contribution in [-0.2, 0) is 11.2 Å². The van der Waals surface area contributed by atoms with Gasteiger partial charge in [-0.3, -0.25) is 0 Å². The van der Waals surface area contributed by atoms with Crippen LogP contribution >= 0.6 is 22.9 Å². The van der Waals surface area contributed by atoms with E-state index in [0.717, 1.165) is 17.5 Å². The largest absolute Gasteiger partial charge is 0.384 e. The van der Waals surface area contributed by atoms with Crippen molar-refractivity contribution in [1.82, 2.24) is 5.32 Å². The van der Waals surface area contributed by atoms with Crippen molar-refractivity contribution in [2.45, 2.75) is 32.2 Å². The monoisotopic (exact) mass is 273 g/mol. The van der Waals surface area contributed by atoms with Gasteiger partial charge in [0.15, 0.2) is 0 Å². The summed E-state index contributed by atoms with van der Waals surface area (Å²) in [5.41, 5.74) is 1.43. The molecule has 0 amide bonds. The number of hydrogen-bond donors (Lipinski definition) is 1. The number of halogens is 1. The van der Waals surface area contributed by atoms with Gasteiger partial charge in [-0.2, -0.15) is 0 Å². The Labute approximate surface area is 112 Å². The number of methoxy groups -OCH3 is 1. The molecule has 0 saturated heterocycles. The lowest BCUT2D eigenvalue weighted by molar-refractivity contribution is 0.156. The van der Waals surface area contributed by atoms with E-state index in [2.05, 4.69) is 18.3 Å². The maximum atomic E-state index is 6.10. The molecule has 0 aliphatic heterocycles. The number of nitrogens with one attached hydrogen (secondary N) is 1. The minimum absolute atomic E-state index is 0.488. The van der Waals surface area contributed by atoms with Crippen molar-refractivity contribution in [1.29, 1.82) is 0 Å². The summed E-state index contributed by atoms with van der Waals surface area (Å²) in [4.78, 5) is 1.47. The fourth-order valence-corrected chi connectivity index (χ4v) is 3.80. The van der Waals surface area contributed by atoms with Crippen molar-refractivity contribution in [3.63, 3.8) is 0 Å². The SMILES string of the molecule is COCC(C)CNC1CCCc2sc(Cl)cc21. The third-order valence-corrected chi connectivity index (χ3v) is 4.59. The molecule has 0 bridgehead atoms. The van der Waals surface area contributed by atoms with Gasteiger partial charge in [-0.05, 0) is 36.8 Å². The van der Waals surface area contributed by atoms with Crippen LogP contribution < -0.4 is 5.32 Å². The van der Waals surface area contributed by atoms with Crippen LogP contribution in [0, 0.1) is 5.92 Å². The molecule has 1 aliphatic rings. The third-order valence-electron chi connectivity index (χ3n) is 3.25. The maximum absolute atomic E-state index is 6.10. The molecule has 0 aromatic carbocycles. The summed E-state index contributed by atoms with van der Waals surface area (Å²) in [6.07, 6.45) is 3.68. The van der Waals surface area contributed by atoms with E-state index in [4.69, 9.17) is 16.3 Å². The van der Waals surface area contributed by atoms with E-state index >= 15 is 0 Å². The normalized spacial score (nSPS) is 21.2. The van der Waals surface area contributed by atoms with Crippen LogP contribution in [0.4, 0.5) is 0 Å². The van der Waals surface area contributed by atoms with Gasteiger partial charge in [-0.15, -0.1) is 11.3 Å². The van der Waals surface area contributed by atoms with Crippen molar-refractivity contribution >= 4 is 22.9 Å². The van der Waals surface area contributed by atoms with Crippen molar-refractivity contribution in [3.05, 3.63) is 20.8 Å². The molecule has 96 valence electrons. The number of fused-ring (bicyclic) bond motifs is 1. The zero-order chi connectivity index (χ0) is 12.3. The number of hydrogen-bond acceptors (Lipinski definition) is 3. The van der Waals surface area contributed by atoms with Crippen molar-refractivity contribution in [2.75, 3.05) is 20.3 Å². The Morgan fingerprint density at radius 2 is 2.47 bits per heavy atom. The van der Waals surface area contributed by atoms with Crippen LogP contribution in [0.3, 0.4) is 0 Å². The minimum atomic E-state index is 0.488. The first-order chi connectivity index (χ1) is 8.20. The van der Waals surface area contributed by atoms with Gasteiger partial charge in [0.2, 0.25) is 0 Å². The summed E-state index contributed by atoms with van der Waals surface area (Å²) in [7, 11) is 1.76. The second-order valence-electron chi connectivity index (χ2n) is 4.84. The van der Waals surface area contributed by atoms with E-state index < -0.39 is 0 Å². The highest BCUT2D eigenvalue weighted by molar-refractivity contribution is 7.16. The van der Waals surface area contributed by atoms with Gasteiger partial charge in [0.1, 0.15) is 0 Å². The summed E-state index contributed by atoms with van der Waals surface area (Å²) in [6.45, 7) is 4.03. The van der Waals surface area contributed by atoms with E-state index in [1.165, 1.54) is 29.7 Å². The molecule has 2 nitrogen and oxygen atoms in total. The van der Waals surface area contributed by atoms with Gasteiger partial charge in [-0.25, -0.2) is 0 Å². The summed E-state index contributed by atoms with van der Waals surface area (Å²) < 4.78 is 6.08. The molecule has 1 aliphatic carbocycles. The number of thiophene rings is 1. The average Bonchev–Trinajstić information content (AvgIpc) is 2.67. The zero-order valence-corrected chi connectivity index (χ0v) is 12.0. The highest BCUT2D eigenvalue weighted by Gasteiger charge is 2.22. The fourth-order valence-electron chi connectivity index (χ4n) is 2.42. The van der Waals surface area contributed by atoms with Crippen molar-refractivity contribution in [2.24, 2.45) is 5.92 Å². The Hall–Kier alpha value is -0.0900. The molecule has 17 heavy (non-hydrogen) atoms. The molecular weight excluding hydrogens is 254 g/mol. The molecule has 0 spiro atoms. The molecule has 0 saturated carbocycles. The van der Waals surface area contributed by atoms with E-state index in [1.807, 2.05) is 0 Å². The molecule has 4 heteroatoms. The smallest absolute Gasteiger partial charge is 0.0934 e. The van der Waals surface area contributed by atoms with E-state index in [0.29, 0.717) is 12.0 Å². The molecule has 1 heterocycles. The lowest BCUT2D eigenvalue weighted by Crippen LogP contribution is -2.29. The summed E-state index contributed by atoms with van der Waals surface area (Å²) >= 11 is 7.84. The van der Waals surface area contributed by atoms with E-state index in [9.17, 15) is 0 Å². The van der Waals surface area contributed by atoms with Gasteiger partial charge in [0.05, 0.1) is 4.34 Å². The minimum Gasteiger partial charge on any atom is -0.384 e. The second-order valence-corrected chi connectivity index (χ2v) is 6.61. The Balaban J connectivity index is 1.94. The quantitative estimate of drug-likeness (QED) is 0.884. The average molecular weight is 274 g/mol. The third kappa shape index (κ3) is 3.44. The highest BCUT2D eigenvalue weighted by atomic mass is 35.5. The van der Waals surface area contributed by atoms with Gasteiger partial charge in [-0.1, -0.05) is 18.5 Å². The Kier molecular flexibility index (Phi) is 4.86. The summed E-state index contributed by atoms with van der Waals surface area (Å²) in [5, 5.41) is 3.64. The number of ether oxygens (including phenoxy) is 1. The first-order valence-corrected chi connectivity index (χ1v) is 7.40. The van der Waals surface area contributed by atoms with Crippen LogP contribution in [0.25, 0.3) is 0 Å². The summed E-state index contributed by atoms with van der Waals surface area (Å²) in [6, 6.07) is 2.63. The number of aryl methyl sites for hydroxylation is 1. The van der Waals surface area contributed by atoms with Crippen molar-refractivity contribution < 1.29 is 4.74 Å². The van der Waals surface area contributed by atoms with Crippen molar-refractivity contribution in [3.8, 4) is 0 Å². The van der Waals surface area contributed by atoms with Crippen LogP contribution in [-0.4, -0.2) is 20.3 Å². The molecule has 1 aromatic rings. The lowest BCUT2D eigenvalue weighted by atomic mass is 9.93. The highest BCUT2D eigenvalue weighted by Crippen LogP contribution is 2.37. The second kappa shape index (κ2) is 6.19. The lowest BCUT2D eigenvalue weighted by Gasteiger charge is -2.25. The van der Waals surface area contributed by atoms with E-state index in [-0.39, 0.29) is 0 Å². The molecule has 1 N–H and O–H groups in total. The predicted octanol–water partition coefficient (Wildman–Crippen LogP) is 3.65. The van der Waals surface area contributed by atoms with Crippen LogP contribution in [0.1, 0.15) is 36.2 Å². The number of rotatable bonds is 5. The van der Waals surface area contributed by atoms with Gasteiger partial charge < -0.3 is 10.1 Å². The molecule has 2 atom stereocenters. The predicted molar refractivity (Wildman–Crippen MR) is 74.1 cm³/mol.